The van der Waals surface area contributed by atoms with E-state index in [1.54, 1.807) is 0 Å². The summed E-state index contributed by atoms with van der Waals surface area (Å²) in [5.74, 6) is 0.658. The zero-order valence-corrected chi connectivity index (χ0v) is 26.0. The number of hydrogen-bond acceptors (Lipinski definition) is 2. The maximum atomic E-state index is 5.36. The number of hydrogen-bond donors (Lipinski definition) is 0. The van der Waals surface area contributed by atoms with Crippen LogP contribution in [0.1, 0.15) is 0 Å². The Labute approximate surface area is 276 Å². The molecule has 224 valence electrons. The number of aromatic nitrogens is 4. The van der Waals surface area contributed by atoms with Crippen molar-refractivity contribution in [2.75, 3.05) is 0 Å². The first-order valence-corrected chi connectivity index (χ1v) is 16.3. The van der Waals surface area contributed by atoms with Crippen LogP contribution in [0.5, 0.6) is 0 Å². The molecule has 10 rings (SSSR count). The Bertz CT molecular complexity index is 2820. The summed E-state index contributed by atoms with van der Waals surface area (Å²) < 4.78 is 4.48. The predicted molar refractivity (Wildman–Crippen MR) is 199 cm³/mol. The number of nitrogens with zero attached hydrogens (tertiary/aromatic N) is 4. The highest BCUT2D eigenvalue weighted by atomic mass is 15.2. The van der Waals surface area contributed by atoms with Gasteiger partial charge in [0.05, 0.1) is 27.8 Å². The lowest BCUT2D eigenvalue weighted by molar-refractivity contribution is 1.01. The van der Waals surface area contributed by atoms with Gasteiger partial charge in [-0.15, -0.1) is 0 Å². The van der Waals surface area contributed by atoms with E-state index in [-0.39, 0.29) is 0 Å². The van der Waals surface area contributed by atoms with Crippen LogP contribution >= 0.6 is 0 Å². The lowest BCUT2D eigenvalue weighted by Crippen LogP contribution is -2.03. The van der Waals surface area contributed by atoms with Crippen LogP contribution in [0.2, 0.25) is 0 Å². The van der Waals surface area contributed by atoms with Crippen LogP contribution in [0.3, 0.4) is 0 Å². The van der Waals surface area contributed by atoms with Crippen molar-refractivity contribution in [3.05, 3.63) is 170 Å². The molecule has 10 aromatic rings. The van der Waals surface area contributed by atoms with E-state index in [4.69, 9.17) is 9.97 Å². The highest BCUT2D eigenvalue weighted by Gasteiger charge is 2.19. The second kappa shape index (κ2) is 10.5. The summed E-state index contributed by atoms with van der Waals surface area (Å²) in [6, 6.07) is 58.0. The van der Waals surface area contributed by atoms with E-state index in [9.17, 15) is 0 Å². The van der Waals surface area contributed by atoms with Crippen molar-refractivity contribution in [1.29, 1.82) is 0 Å². The number of para-hydroxylation sites is 3. The predicted octanol–water partition coefficient (Wildman–Crippen LogP) is 11.2. The molecule has 0 saturated carbocycles. The molecule has 0 fully saturated rings. The molecular formula is C44H28N4. The fourth-order valence-electron chi connectivity index (χ4n) is 7.30. The maximum absolute atomic E-state index is 5.36. The highest BCUT2D eigenvalue weighted by Crippen LogP contribution is 2.37. The molecule has 3 heterocycles. The maximum Gasteiger partial charge on any atom is 0.235 e. The Balaban J connectivity index is 1.19. The normalized spacial score (nSPS) is 11.8. The van der Waals surface area contributed by atoms with Gasteiger partial charge in [-0.05, 0) is 64.4 Å². The molecule has 0 aliphatic heterocycles. The van der Waals surface area contributed by atoms with E-state index in [2.05, 4.69) is 179 Å². The summed E-state index contributed by atoms with van der Waals surface area (Å²) in [7, 11) is 0. The molecule has 7 aromatic carbocycles. The first kappa shape index (κ1) is 26.7. The summed E-state index contributed by atoms with van der Waals surface area (Å²) >= 11 is 0. The van der Waals surface area contributed by atoms with Crippen molar-refractivity contribution < 1.29 is 0 Å². The molecular weight excluding hydrogens is 585 g/mol. The number of benzene rings is 7. The molecule has 0 saturated heterocycles. The number of fused-ring (bicyclic) bond motifs is 6. The molecule has 0 atom stereocenters. The zero-order valence-electron chi connectivity index (χ0n) is 26.0. The van der Waals surface area contributed by atoms with Crippen molar-refractivity contribution >= 4 is 54.4 Å². The molecule has 0 bridgehead atoms. The van der Waals surface area contributed by atoms with Gasteiger partial charge < -0.3 is 4.57 Å². The molecule has 0 spiro atoms. The van der Waals surface area contributed by atoms with Crippen LogP contribution in [0.4, 0.5) is 0 Å². The van der Waals surface area contributed by atoms with E-state index in [1.807, 2.05) is 0 Å². The first-order valence-electron chi connectivity index (χ1n) is 16.3. The molecule has 0 radical (unpaired) electrons. The fourth-order valence-corrected chi connectivity index (χ4v) is 7.30. The van der Waals surface area contributed by atoms with E-state index in [0.29, 0.717) is 5.95 Å². The van der Waals surface area contributed by atoms with E-state index >= 15 is 0 Å². The molecule has 4 nitrogen and oxygen atoms in total. The van der Waals surface area contributed by atoms with Gasteiger partial charge in [0, 0.05) is 39.0 Å². The van der Waals surface area contributed by atoms with Crippen molar-refractivity contribution in [3.8, 4) is 34.0 Å². The van der Waals surface area contributed by atoms with Crippen molar-refractivity contribution in [1.82, 2.24) is 19.1 Å². The van der Waals surface area contributed by atoms with Gasteiger partial charge in [0.15, 0.2) is 0 Å². The largest absolute Gasteiger partial charge is 0.316 e. The first-order chi connectivity index (χ1) is 23.8. The molecule has 0 aliphatic rings. The fraction of sp³-hybridized carbons (Fsp3) is 0. The monoisotopic (exact) mass is 612 g/mol. The summed E-state index contributed by atoms with van der Waals surface area (Å²) in [5.41, 5.74) is 9.72. The average Bonchev–Trinajstić information content (AvgIpc) is 3.72. The van der Waals surface area contributed by atoms with Crippen LogP contribution < -0.4 is 0 Å². The lowest BCUT2D eigenvalue weighted by Gasteiger charge is -2.13. The van der Waals surface area contributed by atoms with Crippen LogP contribution in [0, 0.1) is 0 Å². The SMILES string of the molecule is c1ccc(-n2ccc3cc4c5ccccc5n(-c5nc(-c6ccc(-c7cccc8ccccc78)cc6)c6ccccc6n5)c4cc32)cc1. The van der Waals surface area contributed by atoms with Gasteiger partial charge in [-0.2, -0.15) is 0 Å². The Kier molecular flexibility index (Phi) is 5.84. The van der Waals surface area contributed by atoms with E-state index in [0.717, 1.165) is 44.4 Å². The zero-order chi connectivity index (χ0) is 31.6. The summed E-state index contributed by atoms with van der Waals surface area (Å²) in [6.45, 7) is 0. The Morgan fingerprint density at radius 3 is 2.00 bits per heavy atom. The van der Waals surface area contributed by atoms with Gasteiger partial charge in [0.1, 0.15) is 0 Å². The second-order valence-corrected chi connectivity index (χ2v) is 12.3. The molecule has 4 heteroatoms. The topological polar surface area (TPSA) is 35.6 Å². The smallest absolute Gasteiger partial charge is 0.235 e. The minimum atomic E-state index is 0.658. The quantitative estimate of drug-likeness (QED) is 0.198. The Morgan fingerprint density at radius 1 is 0.417 bits per heavy atom. The minimum Gasteiger partial charge on any atom is -0.316 e. The van der Waals surface area contributed by atoms with Gasteiger partial charge in [-0.3, -0.25) is 4.57 Å². The van der Waals surface area contributed by atoms with Crippen molar-refractivity contribution in [3.63, 3.8) is 0 Å². The van der Waals surface area contributed by atoms with Gasteiger partial charge in [0.2, 0.25) is 5.95 Å². The molecule has 48 heavy (non-hydrogen) atoms. The van der Waals surface area contributed by atoms with Gasteiger partial charge in [0.25, 0.3) is 0 Å². The van der Waals surface area contributed by atoms with Crippen LogP contribution in [-0.2, 0) is 0 Å². The minimum absolute atomic E-state index is 0.658. The van der Waals surface area contributed by atoms with Crippen molar-refractivity contribution in [2.24, 2.45) is 0 Å². The Morgan fingerprint density at radius 2 is 1.12 bits per heavy atom. The van der Waals surface area contributed by atoms with E-state index in [1.165, 1.54) is 38.1 Å². The van der Waals surface area contributed by atoms with Gasteiger partial charge in [-0.25, -0.2) is 9.97 Å². The molecule has 0 N–H and O–H groups in total. The third-order valence-electron chi connectivity index (χ3n) is 9.57. The lowest BCUT2D eigenvalue weighted by atomic mass is 9.96. The standard InChI is InChI=1S/C44H28N4/c1-2-13-33(14-3-1)47-26-25-32-27-38-36-16-7-9-20-40(36)48(42(38)28-41(32)47)44-45-39-19-8-6-17-37(39)43(46-44)31-23-21-30(22-24-31)35-18-10-12-29-11-4-5-15-34(29)35/h1-28H. The third-order valence-corrected chi connectivity index (χ3v) is 9.57. The average molecular weight is 613 g/mol. The summed E-state index contributed by atoms with van der Waals surface area (Å²) in [5, 5.41) is 7.08. The Hall–Kier alpha value is -6.52. The van der Waals surface area contributed by atoms with Crippen LogP contribution in [0.15, 0.2) is 170 Å². The molecule has 0 aliphatic carbocycles. The molecule has 0 amide bonds. The van der Waals surface area contributed by atoms with E-state index < -0.39 is 0 Å². The molecule has 0 unspecified atom stereocenters. The van der Waals surface area contributed by atoms with Gasteiger partial charge >= 0.3 is 0 Å². The van der Waals surface area contributed by atoms with Crippen LogP contribution in [-0.4, -0.2) is 19.1 Å². The summed E-state index contributed by atoms with van der Waals surface area (Å²) in [6.07, 6.45) is 2.15. The summed E-state index contributed by atoms with van der Waals surface area (Å²) in [4.78, 5) is 10.6. The van der Waals surface area contributed by atoms with Crippen LogP contribution in [0.25, 0.3) is 88.4 Å². The number of rotatable bonds is 4. The van der Waals surface area contributed by atoms with Crippen molar-refractivity contribution in [2.45, 2.75) is 0 Å². The highest BCUT2D eigenvalue weighted by molar-refractivity contribution is 6.13. The second-order valence-electron chi connectivity index (χ2n) is 12.3. The van der Waals surface area contributed by atoms with Gasteiger partial charge in [-0.1, -0.05) is 121 Å². The molecule has 3 aromatic heterocycles. The third kappa shape index (κ3) is 4.10.